The van der Waals surface area contributed by atoms with E-state index >= 15 is 0 Å². The van der Waals surface area contributed by atoms with Gasteiger partial charge in [-0.05, 0) is 66.1 Å². The van der Waals surface area contributed by atoms with Crippen molar-refractivity contribution in [3.63, 3.8) is 0 Å². The first-order chi connectivity index (χ1) is 17.9. The number of imide groups is 1. The predicted octanol–water partition coefficient (Wildman–Crippen LogP) is 4.75. The zero-order valence-corrected chi connectivity index (χ0v) is 20.4. The van der Waals surface area contributed by atoms with E-state index in [1.807, 2.05) is 0 Å². The Hall–Kier alpha value is -4.90. The number of hydrogen-bond acceptors (Lipinski definition) is 7. The Kier molecular flexibility index (Phi) is 7.65. The van der Waals surface area contributed by atoms with E-state index < -0.39 is 5.97 Å². The summed E-state index contributed by atoms with van der Waals surface area (Å²) in [6.07, 6.45) is 1.99. The summed E-state index contributed by atoms with van der Waals surface area (Å²) in [5.41, 5.74) is 2.47. The number of carbonyl (C=O) groups is 3. The van der Waals surface area contributed by atoms with Crippen LogP contribution < -0.4 is 14.2 Å². The summed E-state index contributed by atoms with van der Waals surface area (Å²) < 4.78 is 16.0. The van der Waals surface area contributed by atoms with Crippen LogP contribution in [0.4, 0.5) is 0 Å². The minimum atomic E-state index is -0.488. The van der Waals surface area contributed by atoms with E-state index in [0.717, 1.165) is 4.90 Å². The molecule has 0 aromatic heterocycles. The van der Waals surface area contributed by atoms with E-state index in [2.05, 4.69) is 6.07 Å². The Balaban J connectivity index is 1.38. The molecule has 3 aromatic rings. The molecule has 0 aliphatic carbocycles. The molecular weight excluding hydrogens is 472 g/mol. The maximum atomic E-state index is 12.4. The number of amides is 2. The predicted molar refractivity (Wildman–Crippen MR) is 136 cm³/mol. The summed E-state index contributed by atoms with van der Waals surface area (Å²) in [6.45, 7) is 0.126. The van der Waals surface area contributed by atoms with E-state index in [1.165, 1.54) is 14.2 Å². The summed E-state index contributed by atoms with van der Waals surface area (Å²) in [7, 11) is 3.06. The quantitative estimate of drug-likeness (QED) is 0.138. The van der Waals surface area contributed by atoms with Crippen LogP contribution in [0.2, 0.25) is 0 Å². The Bertz CT molecular complexity index is 1400. The molecule has 1 heterocycles. The lowest BCUT2D eigenvalue weighted by Gasteiger charge is -2.13. The van der Waals surface area contributed by atoms with Crippen molar-refractivity contribution in [2.24, 2.45) is 0 Å². The molecule has 186 valence electrons. The van der Waals surface area contributed by atoms with Crippen molar-refractivity contribution in [1.29, 1.82) is 5.26 Å². The molecule has 3 aromatic carbocycles. The van der Waals surface area contributed by atoms with Crippen molar-refractivity contribution >= 4 is 29.4 Å². The lowest BCUT2D eigenvalue weighted by Crippen LogP contribution is -2.31. The van der Waals surface area contributed by atoms with Gasteiger partial charge in [-0.3, -0.25) is 19.3 Å². The van der Waals surface area contributed by atoms with Gasteiger partial charge in [-0.1, -0.05) is 24.3 Å². The standard InChI is InChI=1S/C29H24N2O6/c1-35-25-13-12-20(17-26(25)36-2)21(18-30)15-19-7-5-8-22(16-19)37-27(32)11-6-14-31-28(33)23-9-3-4-10-24(23)29(31)34/h3-5,7-10,12-13,15-17H,6,11,14H2,1-2H3/b21-15-. The highest BCUT2D eigenvalue weighted by Crippen LogP contribution is 2.31. The molecule has 4 rings (SSSR count). The molecule has 1 aliphatic heterocycles. The van der Waals surface area contributed by atoms with E-state index in [9.17, 15) is 19.6 Å². The second-order valence-corrected chi connectivity index (χ2v) is 8.20. The second-order valence-electron chi connectivity index (χ2n) is 8.20. The van der Waals surface area contributed by atoms with Gasteiger partial charge in [0.05, 0.1) is 37.0 Å². The molecule has 8 nitrogen and oxygen atoms in total. The van der Waals surface area contributed by atoms with Crippen molar-refractivity contribution in [3.05, 3.63) is 89.0 Å². The number of methoxy groups -OCH3 is 2. The fourth-order valence-corrected chi connectivity index (χ4v) is 4.02. The highest BCUT2D eigenvalue weighted by atomic mass is 16.5. The number of nitrogens with zero attached hydrogens (tertiary/aromatic N) is 2. The first-order valence-corrected chi connectivity index (χ1v) is 11.6. The molecule has 0 fully saturated rings. The van der Waals surface area contributed by atoms with Crippen LogP contribution in [-0.4, -0.2) is 43.4 Å². The van der Waals surface area contributed by atoms with Gasteiger partial charge in [-0.15, -0.1) is 0 Å². The van der Waals surface area contributed by atoms with E-state index in [-0.39, 0.29) is 31.2 Å². The van der Waals surface area contributed by atoms with Crippen LogP contribution in [0.25, 0.3) is 11.6 Å². The van der Waals surface area contributed by atoms with Crippen molar-refractivity contribution in [2.75, 3.05) is 20.8 Å². The molecule has 0 atom stereocenters. The number of fused-ring (bicyclic) bond motifs is 1. The van der Waals surface area contributed by atoms with E-state index in [4.69, 9.17) is 14.2 Å². The molecule has 0 saturated heterocycles. The van der Waals surface area contributed by atoms with Crippen LogP contribution in [-0.2, 0) is 4.79 Å². The maximum absolute atomic E-state index is 12.4. The molecule has 0 N–H and O–H groups in total. The number of benzene rings is 3. The number of hydrogen-bond donors (Lipinski definition) is 0. The molecule has 2 amide bonds. The number of esters is 1. The zero-order valence-electron chi connectivity index (χ0n) is 20.4. The maximum Gasteiger partial charge on any atom is 0.311 e. The topological polar surface area (TPSA) is 106 Å². The van der Waals surface area contributed by atoms with Gasteiger partial charge in [-0.2, -0.15) is 5.26 Å². The molecular formula is C29H24N2O6. The fraction of sp³-hybridized carbons (Fsp3) is 0.172. The van der Waals surface area contributed by atoms with Gasteiger partial charge < -0.3 is 14.2 Å². The van der Waals surface area contributed by atoms with Crippen LogP contribution in [0.1, 0.15) is 44.7 Å². The van der Waals surface area contributed by atoms with Crippen LogP contribution in [0.3, 0.4) is 0 Å². The van der Waals surface area contributed by atoms with E-state index in [1.54, 1.807) is 72.8 Å². The third-order valence-electron chi connectivity index (χ3n) is 5.86. The Labute approximate surface area is 214 Å². The fourth-order valence-electron chi connectivity index (χ4n) is 4.02. The molecule has 0 bridgehead atoms. The average Bonchev–Trinajstić information content (AvgIpc) is 3.16. The SMILES string of the molecule is COc1ccc(/C(C#N)=C\c2cccc(OC(=O)CCCN3C(=O)c4ccccc4C3=O)c2)cc1OC. The Morgan fingerprint density at radius 3 is 2.27 bits per heavy atom. The summed E-state index contributed by atoms with van der Waals surface area (Å²) in [5, 5.41) is 9.70. The summed E-state index contributed by atoms with van der Waals surface area (Å²) >= 11 is 0. The third-order valence-corrected chi connectivity index (χ3v) is 5.86. The Morgan fingerprint density at radius 1 is 0.919 bits per heavy atom. The Morgan fingerprint density at radius 2 is 1.62 bits per heavy atom. The monoisotopic (exact) mass is 496 g/mol. The number of nitriles is 1. The largest absolute Gasteiger partial charge is 0.493 e. The molecule has 1 aliphatic rings. The number of allylic oxidation sites excluding steroid dienone is 1. The third kappa shape index (κ3) is 5.52. The highest BCUT2D eigenvalue weighted by Gasteiger charge is 2.34. The molecule has 37 heavy (non-hydrogen) atoms. The molecule has 0 unspecified atom stereocenters. The van der Waals surface area contributed by atoms with Gasteiger partial charge in [0.1, 0.15) is 5.75 Å². The van der Waals surface area contributed by atoms with Crippen molar-refractivity contribution < 1.29 is 28.6 Å². The van der Waals surface area contributed by atoms with E-state index in [0.29, 0.717) is 45.1 Å². The number of ether oxygens (including phenoxy) is 3. The molecule has 0 radical (unpaired) electrons. The normalized spacial score (nSPS) is 12.7. The van der Waals surface area contributed by atoms with Gasteiger partial charge in [0.25, 0.3) is 11.8 Å². The summed E-state index contributed by atoms with van der Waals surface area (Å²) in [4.78, 5) is 38.4. The molecule has 0 saturated carbocycles. The first-order valence-electron chi connectivity index (χ1n) is 11.6. The van der Waals surface area contributed by atoms with Crippen molar-refractivity contribution in [1.82, 2.24) is 4.90 Å². The van der Waals surface area contributed by atoms with Crippen LogP contribution in [0.5, 0.6) is 17.2 Å². The summed E-state index contributed by atoms with van der Waals surface area (Å²) in [6, 6.07) is 20.8. The highest BCUT2D eigenvalue weighted by molar-refractivity contribution is 6.21. The average molecular weight is 497 g/mol. The van der Waals surface area contributed by atoms with Gasteiger partial charge >= 0.3 is 5.97 Å². The first kappa shape index (κ1) is 25.2. The van der Waals surface area contributed by atoms with Crippen LogP contribution in [0, 0.1) is 11.3 Å². The lowest BCUT2D eigenvalue weighted by molar-refractivity contribution is -0.134. The summed E-state index contributed by atoms with van der Waals surface area (Å²) in [5.74, 6) is 0.195. The number of rotatable bonds is 9. The van der Waals surface area contributed by atoms with Gasteiger partial charge in [0, 0.05) is 13.0 Å². The smallest absolute Gasteiger partial charge is 0.311 e. The zero-order chi connectivity index (χ0) is 26.4. The number of carbonyl (C=O) groups excluding carboxylic acids is 3. The minimum absolute atomic E-state index is 0.0303. The van der Waals surface area contributed by atoms with Crippen LogP contribution in [0.15, 0.2) is 66.7 Å². The van der Waals surface area contributed by atoms with Crippen LogP contribution >= 0.6 is 0 Å². The minimum Gasteiger partial charge on any atom is -0.493 e. The van der Waals surface area contributed by atoms with Crippen molar-refractivity contribution in [2.45, 2.75) is 12.8 Å². The van der Waals surface area contributed by atoms with Gasteiger partial charge in [0.15, 0.2) is 11.5 Å². The van der Waals surface area contributed by atoms with Gasteiger partial charge in [0.2, 0.25) is 0 Å². The molecule has 8 heteroatoms. The lowest BCUT2D eigenvalue weighted by atomic mass is 10.0. The second kappa shape index (κ2) is 11.2. The van der Waals surface area contributed by atoms with Gasteiger partial charge in [-0.25, -0.2) is 0 Å². The molecule has 0 spiro atoms. The van der Waals surface area contributed by atoms with Crippen molar-refractivity contribution in [3.8, 4) is 23.3 Å².